The van der Waals surface area contributed by atoms with Gasteiger partial charge in [-0.15, -0.1) is 0 Å². The summed E-state index contributed by atoms with van der Waals surface area (Å²) in [4.78, 5) is 1.95. The van der Waals surface area contributed by atoms with Crippen LogP contribution in [0.2, 0.25) is 0 Å². The lowest BCUT2D eigenvalue weighted by Crippen LogP contribution is -2.61. The van der Waals surface area contributed by atoms with Gasteiger partial charge in [-0.1, -0.05) is 84.6 Å². The minimum absolute atomic E-state index is 0.240. The Labute approximate surface area is 263 Å². The first kappa shape index (κ1) is 9.17. The first-order chi connectivity index (χ1) is 29.0. The monoisotopic (exact) mass is 529 g/mol. The molecular formula is C36H22BN3. The number of hydrogen-bond donors (Lipinski definition) is 0. The molecule has 40 heavy (non-hydrogen) atoms. The fraction of sp³-hybridized carbons (Fsp3) is 0. The molecule has 10 rings (SSSR count). The molecule has 3 nitrogen and oxygen atoms in total. The van der Waals surface area contributed by atoms with Gasteiger partial charge in [0.15, 0.2) is 0 Å². The molecule has 3 aliphatic rings. The average molecular weight is 530 g/mol. The van der Waals surface area contributed by atoms with Gasteiger partial charge >= 0.3 is 0 Å². The Balaban J connectivity index is 1.54. The number of anilines is 6. The van der Waals surface area contributed by atoms with Crippen LogP contribution in [0.1, 0.15) is 30.2 Å². The average Bonchev–Trinajstić information content (AvgIpc) is 3.60. The molecule has 0 atom stereocenters. The van der Waals surface area contributed by atoms with Gasteiger partial charge in [-0.3, -0.25) is 0 Å². The van der Waals surface area contributed by atoms with Crippen LogP contribution in [0.3, 0.4) is 0 Å². The van der Waals surface area contributed by atoms with Crippen LogP contribution < -0.4 is 26.2 Å². The molecule has 0 aliphatic carbocycles. The van der Waals surface area contributed by atoms with Crippen molar-refractivity contribution in [1.29, 1.82) is 0 Å². The quantitative estimate of drug-likeness (QED) is 0.209. The topological polar surface area (TPSA) is 11.4 Å². The van der Waals surface area contributed by atoms with E-state index >= 15 is 0 Å². The first-order valence-electron chi connectivity index (χ1n) is 23.1. The van der Waals surface area contributed by atoms with Crippen LogP contribution in [-0.4, -0.2) is 11.3 Å². The summed E-state index contributed by atoms with van der Waals surface area (Å²) in [6.45, 7) is -1.72. The van der Waals surface area contributed by atoms with E-state index in [0.29, 0.717) is 0 Å². The maximum Gasteiger partial charge on any atom is 0.252 e. The van der Waals surface area contributed by atoms with Gasteiger partial charge in [-0.2, -0.15) is 0 Å². The zero-order valence-electron chi connectivity index (χ0n) is 41.9. The van der Waals surface area contributed by atoms with Crippen LogP contribution in [0.5, 0.6) is 0 Å². The van der Waals surface area contributed by atoms with E-state index in [1.54, 1.807) is 0 Å². The summed E-state index contributed by atoms with van der Waals surface area (Å²) in [7, 11) is 0. The van der Waals surface area contributed by atoms with Gasteiger partial charge in [0.2, 0.25) is 0 Å². The molecular weight excluding hydrogens is 485 g/mol. The van der Waals surface area contributed by atoms with Crippen molar-refractivity contribution in [3.63, 3.8) is 0 Å². The number of para-hydroxylation sites is 5. The summed E-state index contributed by atoms with van der Waals surface area (Å²) < 4.78 is 200. The third kappa shape index (κ3) is 2.35. The van der Waals surface area contributed by atoms with E-state index in [1.165, 1.54) is 0 Å². The maximum absolute atomic E-state index is 9.53. The Morgan fingerprint density at radius 2 is 1.10 bits per heavy atom. The number of hydrogen-bond acceptors (Lipinski definition) is 2. The molecule has 7 aromatic rings. The maximum atomic E-state index is 9.53. The SMILES string of the molecule is [2H]c1c([2H])c([2H])c(N2c3c([2H])c([2H])c([2H])c([2H])c3B3c4c2c([2H])c([2H])c([2H])c4N2c4c3c([2H])c([2H])c([2H])c4-n3c4c([2H])c([2H])c([2H])c([2H])c4c4c([2H])c([2H])c([2H])c2c43)c([2H])c1[2H]. The molecule has 0 unspecified atom stereocenters. The van der Waals surface area contributed by atoms with Crippen LogP contribution in [0.4, 0.5) is 34.1 Å². The Morgan fingerprint density at radius 1 is 0.475 bits per heavy atom. The summed E-state index contributed by atoms with van der Waals surface area (Å²) in [5, 5.41) is -0.565. The minimum atomic E-state index is -1.72. The molecule has 4 heterocycles. The Hall–Kier alpha value is -5.22. The third-order valence-corrected chi connectivity index (χ3v) is 7.54. The highest BCUT2D eigenvalue weighted by Crippen LogP contribution is 2.51. The Kier molecular flexibility index (Phi) is 1.66. The zero-order chi connectivity index (χ0) is 45.1. The second-order valence-electron chi connectivity index (χ2n) is 9.32. The highest BCUT2D eigenvalue weighted by Gasteiger charge is 2.45. The van der Waals surface area contributed by atoms with Crippen molar-refractivity contribution in [3.8, 4) is 5.69 Å². The summed E-state index contributed by atoms with van der Waals surface area (Å²) in [6.07, 6.45) is 0. The number of fused-ring (bicyclic) bond motifs is 9. The smallest absolute Gasteiger partial charge is 0.252 e. The predicted octanol–water partition coefficient (Wildman–Crippen LogP) is 7.18. The van der Waals surface area contributed by atoms with Gasteiger partial charge in [-0.05, 0) is 64.7 Å². The van der Waals surface area contributed by atoms with E-state index in [0.717, 1.165) is 14.4 Å². The van der Waals surface area contributed by atoms with E-state index in [1.807, 2.05) is 0 Å². The van der Waals surface area contributed by atoms with Crippen molar-refractivity contribution in [2.24, 2.45) is 0 Å². The van der Waals surface area contributed by atoms with Gasteiger partial charge in [-0.25, -0.2) is 0 Å². The highest BCUT2D eigenvalue weighted by atomic mass is 15.2. The second kappa shape index (κ2) is 7.25. The van der Waals surface area contributed by atoms with Crippen molar-refractivity contribution < 1.29 is 30.2 Å². The summed E-state index contributed by atoms with van der Waals surface area (Å²) >= 11 is 0. The molecule has 6 aromatic carbocycles. The standard InChI is InChI=1S/C36H22BN3/c1-2-11-23(12-3-1)38-29-18-7-5-15-26(29)37-27-16-9-22-33-36(27)40(31-20-10-19-30(38)34(31)37)32-21-8-14-25-24-13-4-6-17-28(24)39(33)35(25)32/h1-22H/i1D,2D,3D,4D,5D,6D,7D,8D,9D,10D,11D,12D,13D,14D,15D,16D,17D,18D,19D,20D,21D,22D. The van der Waals surface area contributed by atoms with Gasteiger partial charge in [0.05, 0.1) is 58.3 Å². The molecule has 0 saturated carbocycles. The number of benzene rings is 6. The summed E-state index contributed by atoms with van der Waals surface area (Å²) in [6, 6.07) is -17.2. The molecule has 3 aliphatic heterocycles. The molecule has 0 N–H and O–H groups in total. The van der Waals surface area contributed by atoms with Gasteiger partial charge in [0, 0.05) is 33.5 Å². The molecule has 0 saturated heterocycles. The van der Waals surface area contributed by atoms with Crippen molar-refractivity contribution in [1.82, 2.24) is 4.57 Å². The van der Waals surface area contributed by atoms with E-state index < -0.39 is 168 Å². The fourth-order valence-corrected chi connectivity index (χ4v) is 6.12. The molecule has 0 radical (unpaired) electrons. The van der Waals surface area contributed by atoms with E-state index in [-0.39, 0.29) is 49.8 Å². The molecule has 0 amide bonds. The van der Waals surface area contributed by atoms with Crippen LogP contribution >= 0.6 is 0 Å². The molecule has 4 heteroatoms. The van der Waals surface area contributed by atoms with E-state index in [4.69, 9.17) is 17.8 Å². The number of nitrogens with zero attached hydrogens (tertiary/aromatic N) is 3. The Morgan fingerprint density at radius 3 is 2.02 bits per heavy atom. The second-order valence-corrected chi connectivity index (χ2v) is 9.32. The molecule has 0 spiro atoms. The number of aromatic nitrogens is 1. The van der Waals surface area contributed by atoms with Gasteiger partial charge in [0.25, 0.3) is 6.71 Å². The van der Waals surface area contributed by atoms with Gasteiger partial charge < -0.3 is 14.4 Å². The lowest BCUT2D eigenvalue weighted by molar-refractivity contribution is 1.11. The largest absolute Gasteiger partial charge is 0.311 e. The normalized spacial score (nSPS) is 21.6. The minimum Gasteiger partial charge on any atom is -0.311 e. The van der Waals surface area contributed by atoms with Gasteiger partial charge in [0.1, 0.15) is 0 Å². The lowest BCUT2D eigenvalue weighted by atomic mass is 9.33. The van der Waals surface area contributed by atoms with Crippen LogP contribution in [0.15, 0.2) is 133 Å². The lowest BCUT2D eigenvalue weighted by Gasteiger charge is -2.46. The Bertz CT molecular complexity index is 3390. The molecule has 0 fully saturated rings. The van der Waals surface area contributed by atoms with Crippen LogP contribution in [0.25, 0.3) is 27.5 Å². The summed E-state index contributed by atoms with van der Waals surface area (Å²) in [5.74, 6) is 0. The number of rotatable bonds is 1. The molecule has 184 valence electrons. The predicted molar refractivity (Wildman–Crippen MR) is 168 cm³/mol. The summed E-state index contributed by atoms with van der Waals surface area (Å²) in [5.41, 5.74) is -4.83. The molecule has 1 aromatic heterocycles. The van der Waals surface area contributed by atoms with Crippen LogP contribution in [-0.2, 0) is 0 Å². The van der Waals surface area contributed by atoms with Crippen molar-refractivity contribution in [2.45, 2.75) is 0 Å². The zero-order valence-corrected chi connectivity index (χ0v) is 19.9. The van der Waals surface area contributed by atoms with E-state index in [9.17, 15) is 12.3 Å². The van der Waals surface area contributed by atoms with Crippen LogP contribution in [0, 0.1) is 0 Å². The first-order valence-corrected chi connectivity index (χ1v) is 12.1. The third-order valence-electron chi connectivity index (χ3n) is 7.54. The fourth-order valence-electron chi connectivity index (χ4n) is 6.12. The van der Waals surface area contributed by atoms with Crippen molar-refractivity contribution >= 4 is 79.0 Å². The molecule has 0 bridgehead atoms. The van der Waals surface area contributed by atoms with Crippen molar-refractivity contribution in [3.05, 3.63) is 133 Å². The highest BCUT2D eigenvalue weighted by molar-refractivity contribution is 7.00. The van der Waals surface area contributed by atoms with Crippen molar-refractivity contribution in [2.75, 3.05) is 9.80 Å². The van der Waals surface area contributed by atoms with E-state index in [2.05, 4.69) is 0 Å².